The molecule has 1 saturated heterocycles. The number of alkyl halides is 2. The van der Waals surface area contributed by atoms with Crippen LogP contribution < -0.4 is 0 Å². The minimum atomic E-state index is -5.15. The number of rotatable bonds is 5. The van der Waals surface area contributed by atoms with Crippen LogP contribution in [0.4, 0.5) is 8.78 Å². The van der Waals surface area contributed by atoms with Crippen molar-refractivity contribution in [3.05, 3.63) is 24.3 Å². The van der Waals surface area contributed by atoms with Crippen molar-refractivity contribution in [1.29, 1.82) is 0 Å². The van der Waals surface area contributed by atoms with Crippen LogP contribution in [0.15, 0.2) is 34.1 Å². The average molecular weight is 383 g/mol. The largest absolute Gasteiger partial charge is 0.480 e. The summed E-state index contributed by atoms with van der Waals surface area (Å²) in [6, 6.07) is 2.62. The second-order valence-electron chi connectivity index (χ2n) is 5.22. The van der Waals surface area contributed by atoms with E-state index in [1.54, 1.807) is 0 Å². The summed E-state index contributed by atoms with van der Waals surface area (Å²) in [7, 11) is -9.72. The van der Waals surface area contributed by atoms with E-state index in [0.29, 0.717) is 17.1 Å². The van der Waals surface area contributed by atoms with Crippen molar-refractivity contribution in [3.63, 3.8) is 0 Å². The van der Waals surface area contributed by atoms with Gasteiger partial charge in [-0.1, -0.05) is 12.1 Å². The van der Waals surface area contributed by atoms with Crippen LogP contribution in [0, 0.1) is 0 Å². The molecule has 11 heteroatoms. The van der Waals surface area contributed by atoms with Gasteiger partial charge in [-0.3, -0.25) is 4.79 Å². The van der Waals surface area contributed by atoms with Crippen molar-refractivity contribution < 1.29 is 35.5 Å². The number of halogens is 2. The zero-order chi connectivity index (χ0) is 18.1. The Bertz CT molecular complexity index is 838. The zero-order valence-corrected chi connectivity index (χ0v) is 13.9. The highest BCUT2D eigenvalue weighted by atomic mass is 32.2. The molecule has 1 fully saturated rings. The Kier molecular flexibility index (Phi) is 5.25. The number of carbonyl (C=O) groups is 1. The Balaban J connectivity index is 2.61. The quantitative estimate of drug-likeness (QED) is 0.821. The minimum absolute atomic E-state index is 0.0678. The van der Waals surface area contributed by atoms with Gasteiger partial charge in [-0.05, 0) is 31.4 Å². The molecule has 1 aromatic carbocycles. The lowest BCUT2D eigenvalue weighted by Gasteiger charge is -2.32. The number of piperidine rings is 1. The smallest absolute Gasteiger partial charge is 0.341 e. The molecule has 1 N–H and O–H groups in total. The molecule has 0 aliphatic carbocycles. The summed E-state index contributed by atoms with van der Waals surface area (Å²) in [6.07, 6.45) is 0.963. The lowest BCUT2D eigenvalue weighted by Crippen LogP contribution is -2.48. The number of hydrogen-bond donors (Lipinski definition) is 1. The molecule has 24 heavy (non-hydrogen) atoms. The van der Waals surface area contributed by atoms with E-state index in [9.17, 15) is 35.5 Å². The van der Waals surface area contributed by atoms with Gasteiger partial charge in [0, 0.05) is 6.54 Å². The number of carboxylic acid groups (broad SMARTS) is 1. The number of sulfone groups is 1. The van der Waals surface area contributed by atoms with E-state index in [4.69, 9.17) is 0 Å². The topological polar surface area (TPSA) is 109 Å². The first-order chi connectivity index (χ1) is 11.1. The minimum Gasteiger partial charge on any atom is -0.480 e. The summed E-state index contributed by atoms with van der Waals surface area (Å²) in [5.41, 5.74) is 0. The second-order valence-corrected chi connectivity index (χ2v) is 8.96. The summed E-state index contributed by atoms with van der Waals surface area (Å²) >= 11 is 0. The first-order valence-corrected chi connectivity index (χ1v) is 9.94. The molecule has 0 radical (unpaired) electrons. The Hall–Kier alpha value is -1.59. The summed E-state index contributed by atoms with van der Waals surface area (Å²) in [4.78, 5) is 9.42. The molecule has 134 valence electrons. The Morgan fingerprint density at radius 3 is 2.25 bits per heavy atom. The number of nitrogens with zero attached hydrogens (tertiary/aromatic N) is 1. The van der Waals surface area contributed by atoms with Gasteiger partial charge < -0.3 is 5.11 Å². The number of aliphatic carboxylic acids is 1. The van der Waals surface area contributed by atoms with Gasteiger partial charge in [0.15, 0.2) is 0 Å². The maximum atomic E-state index is 12.8. The molecule has 1 atom stereocenters. The van der Waals surface area contributed by atoms with E-state index in [1.165, 1.54) is 6.07 Å². The van der Waals surface area contributed by atoms with Crippen LogP contribution in [0.3, 0.4) is 0 Å². The van der Waals surface area contributed by atoms with Crippen LogP contribution in [-0.2, 0) is 24.7 Å². The number of sulfonamides is 1. The summed E-state index contributed by atoms with van der Waals surface area (Å²) < 4.78 is 75.3. The molecule has 2 rings (SSSR count). The van der Waals surface area contributed by atoms with Crippen molar-refractivity contribution in [2.24, 2.45) is 0 Å². The molecule has 0 saturated carbocycles. The van der Waals surface area contributed by atoms with Crippen molar-refractivity contribution in [3.8, 4) is 0 Å². The highest BCUT2D eigenvalue weighted by Crippen LogP contribution is 2.31. The Morgan fingerprint density at radius 2 is 1.71 bits per heavy atom. The SMILES string of the molecule is O=C(O)C1CCCCN1S(=O)(=O)c1ccccc1S(=O)(=O)C(F)F. The lowest BCUT2D eigenvalue weighted by atomic mass is 10.1. The molecule has 0 spiro atoms. The van der Waals surface area contributed by atoms with E-state index < -0.39 is 47.4 Å². The maximum absolute atomic E-state index is 12.8. The van der Waals surface area contributed by atoms with E-state index in [-0.39, 0.29) is 13.0 Å². The van der Waals surface area contributed by atoms with Gasteiger partial charge >= 0.3 is 11.7 Å². The third-order valence-corrected chi connectivity index (χ3v) is 7.25. The average Bonchev–Trinajstić information content (AvgIpc) is 2.54. The van der Waals surface area contributed by atoms with Crippen LogP contribution in [0.25, 0.3) is 0 Å². The van der Waals surface area contributed by atoms with Crippen molar-refractivity contribution in [2.45, 2.75) is 40.9 Å². The zero-order valence-electron chi connectivity index (χ0n) is 12.3. The van der Waals surface area contributed by atoms with E-state index >= 15 is 0 Å². The predicted molar refractivity (Wildman–Crippen MR) is 78.8 cm³/mol. The first kappa shape index (κ1) is 18.7. The number of benzene rings is 1. The van der Waals surface area contributed by atoms with E-state index in [2.05, 4.69) is 0 Å². The van der Waals surface area contributed by atoms with Gasteiger partial charge in [-0.15, -0.1) is 0 Å². The molecule has 1 aliphatic heterocycles. The predicted octanol–water partition coefficient (Wildman–Crippen LogP) is 1.31. The maximum Gasteiger partial charge on any atom is 0.341 e. The highest BCUT2D eigenvalue weighted by Gasteiger charge is 2.41. The van der Waals surface area contributed by atoms with Crippen LogP contribution in [0.2, 0.25) is 0 Å². The normalized spacial score (nSPS) is 20.2. The van der Waals surface area contributed by atoms with Crippen LogP contribution in [-0.4, -0.2) is 50.6 Å². The van der Waals surface area contributed by atoms with Crippen LogP contribution in [0.5, 0.6) is 0 Å². The van der Waals surface area contributed by atoms with Gasteiger partial charge in [0.1, 0.15) is 10.9 Å². The summed E-state index contributed by atoms with van der Waals surface area (Å²) in [5.74, 6) is -5.15. The van der Waals surface area contributed by atoms with Crippen LogP contribution in [0.1, 0.15) is 19.3 Å². The van der Waals surface area contributed by atoms with E-state index in [1.807, 2.05) is 0 Å². The molecule has 1 aliphatic rings. The van der Waals surface area contributed by atoms with Gasteiger partial charge in [0.2, 0.25) is 19.9 Å². The molecule has 1 aromatic rings. The third-order valence-electron chi connectivity index (χ3n) is 3.72. The standard InChI is InChI=1S/C13H15F2NO6S2/c14-13(15)23(19,20)10-6-1-2-7-11(10)24(21,22)16-8-4-3-5-9(16)12(17)18/h1-2,6-7,9,13H,3-5,8H2,(H,17,18). The van der Waals surface area contributed by atoms with Crippen molar-refractivity contribution in [2.75, 3.05) is 6.54 Å². The van der Waals surface area contributed by atoms with Gasteiger partial charge in [0.25, 0.3) is 0 Å². The van der Waals surface area contributed by atoms with Gasteiger partial charge in [-0.2, -0.15) is 13.1 Å². The highest BCUT2D eigenvalue weighted by molar-refractivity contribution is 7.93. The fourth-order valence-electron chi connectivity index (χ4n) is 2.56. The summed E-state index contributed by atoms with van der Waals surface area (Å²) in [5, 5.41) is 9.19. The Labute approximate surface area is 137 Å². The monoisotopic (exact) mass is 383 g/mol. The van der Waals surface area contributed by atoms with Gasteiger partial charge in [0.05, 0.1) is 4.90 Å². The molecular formula is C13H15F2NO6S2. The molecule has 1 heterocycles. The lowest BCUT2D eigenvalue weighted by molar-refractivity contribution is -0.142. The molecule has 0 bridgehead atoms. The van der Waals surface area contributed by atoms with E-state index in [0.717, 1.165) is 18.2 Å². The number of carboxylic acids is 1. The molecule has 0 aromatic heterocycles. The molecule has 1 unspecified atom stereocenters. The van der Waals surface area contributed by atoms with Crippen LogP contribution >= 0.6 is 0 Å². The fraction of sp³-hybridized carbons (Fsp3) is 0.462. The van der Waals surface area contributed by atoms with Gasteiger partial charge in [-0.25, -0.2) is 16.8 Å². The van der Waals surface area contributed by atoms with Crippen molar-refractivity contribution >= 4 is 25.8 Å². The molecule has 0 amide bonds. The molecule has 7 nitrogen and oxygen atoms in total. The number of hydrogen-bond acceptors (Lipinski definition) is 5. The third kappa shape index (κ3) is 3.28. The van der Waals surface area contributed by atoms with Crippen molar-refractivity contribution in [1.82, 2.24) is 4.31 Å². The Morgan fingerprint density at radius 1 is 1.12 bits per heavy atom. The first-order valence-electron chi connectivity index (χ1n) is 6.96. The fourth-order valence-corrected chi connectivity index (χ4v) is 5.76. The second kappa shape index (κ2) is 6.73. The summed E-state index contributed by atoms with van der Waals surface area (Å²) in [6.45, 7) is -0.123. The molecular weight excluding hydrogens is 368 g/mol.